The van der Waals surface area contributed by atoms with E-state index in [1.165, 1.54) is 6.20 Å². The Kier molecular flexibility index (Phi) is 4.01. The highest BCUT2D eigenvalue weighted by atomic mass is 16.1. The monoisotopic (exact) mass is 418 g/mol. The van der Waals surface area contributed by atoms with E-state index in [9.17, 15) is 4.79 Å². The average molecular weight is 418 g/mol. The van der Waals surface area contributed by atoms with E-state index in [0.717, 1.165) is 44.7 Å². The lowest BCUT2D eigenvalue weighted by Gasteiger charge is -2.17. The van der Waals surface area contributed by atoms with Crippen molar-refractivity contribution >= 4 is 22.6 Å². The Hall–Kier alpha value is -4.52. The van der Waals surface area contributed by atoms with Crippen molar-refractivity contribution in [3.8, 4) is 22.5 Å². The van der Waals surface area contributed by atoms with Gasteiger partial charge in [0, 0.05) is 18.0 Å². The van der Waals surface area contributed by atoms with Crippen LogP contribution in [0.1, 0.15) is 27.5 Å². The number of hydrogen-bond acceptors (Lipinski definition) is 5. The van der Waals surface area contributed by atoms with Gasteiger partial charge in [0.1, 0.15) is 5.82 Å². The number of amides is 1. The highest BCUT2D eigenvalue weighted by molar-refractivity contribution is 6.00. The number of nitrogens with one attached hydrogen (secondary N) is 2. The van der Waals surface area contributed by atoms with Crippen LogP contribution < -0.4 is 11.1 Å². The molecule has 154 valence electrons. The third-order valence-electron chi connectivity index (χ3n) is 5.86. The molecule has 5 aromatic rings. The van der Waals surface area contributed by atoms with Crippen LogP contribution in [-0.4, -0.2) is 25.8 Å². The summed E-state index contributed by atoms with van der Waals surface area (Å²) in [5.74, 6) is 0.530. The third kappa shape index (κ3) is 2.75. The number of hydrogen-bond donors (Lipinski definition) is 3. The van der Waals surface area contributed by atoms with Crippen molar-refractivity contribution in [3.05, 3.63) is 96.1 Å². The molecule has 7 heteroatoms. The number of nitrogens with two attached hydrogens (primary N) is 1. The molecule has 2 aromatic carbocycles. The van der Waals surface area contributed by atoms with E-state index in [2.05, 4.69) is 26.3 Å². The molecule has 3 heterocycles. The van der Waals surface area contributed by atoms with Gasteiger partial charge in [0.15, 0.2) is 0 Å². The lowest BCUT2D eigenvalue weighted by Crippen LogP contribution is -2.28. The van der Waals surface area contributed by atoms with Gasteiger partial charge in [-0.05, 0) is 34.4 Å². The van der Waals surface area contributed by atoms with Crippen LogP contribution in [0.4, 0.5) is 5.69 Å². The van der Waals surface area contributed by atoms with Gasteiger partial charge < -0.3 is 16.0 Å². The van der Waals surface area contributed by atoms with Gasteiger partial charge >= 0.3 is 0 Å². The molecule has 3 aromatic heterocycles. The fourth-order valence-corrected chi connectivity index (χ4v) is 4.41. The van der Waals surface area contributed by atoms with Crippen molar-refractivity contribution in [3.63, 3.8) is 0 Å². The van der Waals surface area contributed by atoms with Crippen LogP contribution in [0.2, 0.25) is 0 Å². The quantitative estimate of drug-likeness (QED) is 0.409. The number of imidazole rings is 1. The minimum Gasteiger partial charge on any atom is -0.397 e. The first-order valence-corrected chi connectivity index (χ1v) is 10.2. The van der Waals surface area contributed by atoms with Gasteiger partial charge in [0.05, 0.1) is 40.7 Å². The van der Waals surface area contributed by atoms with Crippen LogP contribution in [0.25, 0.3) is 33.5 Å². The van der Waals surface area contributed by atoms with Crippen LogP contribution in [-0.2, 0) is 0 Å². The van der Waals surface area contributed by atoms with Gasteiger partial charge in [-0.3, -0.25) is 14.8 Å². The normalized spacial score (nSPS) is 14.2. The minimum atomic E-state index is -0.299. The summed E-state index contributed by atoms with van der Waals surface area (Å²) in [5, 5.41) is 3.17. The number of benzene rings is 2. The van der Waals surface area contributed by atoms with E-state index >= 15 is 0 Å². The fraction of sp³-hybridized carbons (Fsp3) is 0.0400. The van der Waals surface area contributed by atoms with E-state index in [0.29, 0.717) is 11.3 Å². The zero-order valence-electron chi connectivity index (χ0n) is 16.9. The Labute approximate surface area is 183 Å². The topological polar surface area (TPSA) is 110 Å². The molecular weight excluding hydrogens is 400 g/mol. The second kappa shape index (κ2) is 7.02. The summed E-state index contributed by atoms with van der Waals surface area (Å²) >= 11 is 0. The molecule has 0 radical (unpaired) electrons. The zero-order chi connectivity index (χ0) is 21.7. The van der Waals surface area contributed by atoms with Crippen LogP contribution in [0.15, 0.2) is 79.4 Å². The SMILES string of the molecule is Nc1cnccc1C(=O)NC1c2ccccc2-c2c(-c3nc4ccncc4[nH]3)cccc21. The summed E-state index contributed by atoms with van der Waals surface area (Å²) in [6, 6.07) is 17.4. The van der Waals surface area contributed by atoms with Gasteiger partial charge in [-0.2, -0.15) is 0 Å². The number of anilines is 1. The molecule has 0 bridgehead atoms. The lowest BCUT2D eigenvalue weighted by atomic mass is 9.98. The first kappa shape index (κ1) is 18.3. The first-order chi connectivity index (χ1) is 15.7. The fourth-order valence-electron chi connectivity index (χ4n) is 4.41. The van der Waals surface area contributed by atoms with Crippen molar-refractivity contribution < 1.29 is 4.79 Å². The smallest absolute Gasteiger partial charge is 0.254 e. The summed E-state index contributed by atoms with van der Waals surface area (Å²) in [7, 11) is 0. The molecule has 0 saturated carbocycles. The molecule has 0 fully saturated rings. The van der Waals surface area contributed by atoms with Crippen LogP contribution in [0.3, 0.4) is 0 Å². The number of nitrogens with zero attached hydrogens (tertiary/aromatic N) is 3. The van der Waals surface area contributed by atoms with Gasteiger partial charge in [-0.1, -0.05) is 42.5 Å². The second-order valence-corrected chi connectivity index (χ2v) is 7.70. The number of rotatable bonds is 3. The Bertz CT molecular complexity index is 1470. The number of aromatic amines is 1. The highest BCUT2D eigenvalue weighted by Crippen LogP contribution is 2.47. The summed E-state index contributed by atoms with van der Waals surface area (Å²) in [4.78, 5) is 29.4. The van der Waals surface area contributed by atoms with Crippen LogP contribution in [0, 0.1) is 0 Å². The maximum atomic E-state index is 13.1. The summed E-state index contributed by atoms with van der Waals surface area (Å²) < 4.78 is 0. The summed E-state index contributed by atoms with van der Waals surface area (Å²) in [6.45, 7) is 0. The van der Waals surface area contributed by atoms with Crippen molar-refractivity contribution in [2.24, 2.45) is 0 Å². The van der Waals surface area contributed by atoms with E-state index < -0.39 is 0 Å². The first-order valence-electron chi connectivity index (χ1n) is 10.2. The third-order valence-corrected chi connectivity index (χ3v) is 5.86. The van der Waals surface area contributed by atoms with Crippen molar-refractivity contribution in [2.45, 2.75) is 6.04 Å². The van der Waals surface area contributed by atoms with E-state index in [1.807, 2.05) is 42.5 Å². The summed E-state index contributed by atoms with van der Waals surface area (Å²) in [6.07, 6.45) is 6.55. The highest BCUT2D eigenvalue weighted by Gasteiger charge is 2.32. The van der Waals surface area contributed by atoms with Gasteiger partial charge in [-0.25, -0.2) is 4.98 Å². The Morgan fingerprint density at radius 1 is 0.906 bits per heavy atom. The molecular formula is C25H18N6O. The van der Waals surface area contributed by atoms with Crippen molar-refractivity contribution in [1.29, 1.82) is 0 Å². The minimum absolute atomic E-state index is 0.238. The number of carbonyl (C=O) groups is 1. The molecule has 0 saturated heterocycles. The van der Waals surface area contributed by atoms with Gasteiger partial charge in [0.25, 0.3) is 5.91 Å². The molecule has 32 heavy (non-hydrogen) atoms. The lowest BCUT2D eigenvalue weighted by molar-refractivity contribution is 0.0944. The zero-order valence-corrected chi connectivity index (χ0v) is 16.9. The van der Waals surface area contributed by atoms with Gasteiger partial charge in [-0.15, -0.1) is 0 Å². The van der Waals surface area contributed by atoms with Crippen LogP contribution in [0.5, 0.6) is 0 Å². The number of H-pyrrole nitrogens is 1. The van der Waals surface area contributed by atoms with E-state index in [-0.39, 0.29) is 11.9 Å². The largest absolute Gasteiger partial charge is 0.397 e. The van der Waals surface area contributed by atoms with Gasteiger partial charge in [0.2, 0.25) is 0 Å². The Morgan fingerprint density at radius 3 is 2.56 bits per heavy atom. The molecule has 1 unspecified atom stereocenters. The predicted molar refractivity (Wildman–Crippen MR) is 123 cm³/mol. The maximum absolute atomic E-state index is 13.1. The predicted octanol–water partition coefficient (Wildman–Crippen LogP) is 4.10. The average Bonchev–Trinajstić information content (AvgIpc) is 3.39. The van der Waals surface area contributed by atoms with Crippen LogP contribution >= 0.6 is 0 Å². The number of nitrogen functional groups attached to an aromatic ring is 1. The number of carbonyl (C=O) groups excluding carboxylic acids is 1. The molecule has 7 nitrogen and oxygen atoms in total. The Balaban J connectivity index is 1.49. The summed E-state index contributed by atoms with van der Waals surface area (Å²) in [5.41, 5.74) is 13.6. The van der Waals surface area contributed by atoms with E-state index in [1.54, 1.807) is 24.7 Å². The molecule has 1 aliphatic carbocycles. The number of fused-ring (bicyclic) bond motifs is 4. The maximum Gasteiger partial charge on any atom is 0.254 e. The second-order valence-electron chi connectivity index (χ2n) is 7.70. The molecule has 1 aliphatic rings. The molecule has 4 N–H and O–H groups in total. The standard InChI is InChI=1S/C25H18N6O/c26-19-12-27-10-8-16(19)25(32)31-23-15-5-2-1-4-14(15)22-17(23)6-3-7-18(22)24-29-20-9-11-28-13-21(20)30-24/h1-13,23H,26H2,(H,29,30)(H,31,32). The Morgan fingerprint density at radius 2 is 1.69 bits per heavy atom. The molecule has 1 atom stereocenters. The molecule has 0 aliphatic heterocycles. The number of pyridine rings is 2. The molecule has 0 spiro atoms. The van der Waals surface area contributed by atoms with Crippen molar-refractivity contribution in [2.75, 3.05) is 5.73 Å². The number of aromatic nitrogens is 4. The molecule has 1 amide bonds. The van der Waals surface area contributed by atoms with E-state index in [4.69, 9.17) is 10.7 Å². The van der Waals surface area contributed by atoms with Crippen molar-refractivity contribution in [1.82, 2.24) is 25.3 Å². The molecule has 6 rings (SSSR count).